The molecule has 0 heterocycles. The summed E-state index contributed by atoms with van der Waals surface area (Å²) in [5, 5.41) is 0. The van der Waals surface area contributed by atoms with E-state index in [1.807, 2.05) is 0 Å². The highest BCUT2D eigenvalue weighted by molar-refractivity contribution is 5.89. The summed E-state index contributed by atoms with van der Waals surface area (Å²) in [5.74, 6) is -0.150. The number of ketones is 2. The molecule has 0 N–H and O–H groups in total. The van der Waals surface area contributed by atoms with Crippen molar-refractivity contribution < 1.29 is 28.7 Å². The molecule has 182 valence electrons. The average Bonchev–Trinajstić information content (AvgIpc) is 3.60. The Bertz CT molecular complexity index is 1010. The molecule has 0 spiro atoms. The fourth-order valence-corrected chi connectivity index (χ4v) is 8.55. The molecule has 10 atom stereocenters. The summed E-state index contributed by atoms with van der Waals surface area (Å²) in [6.45, 7) is 3.27. The molecule has 0 aromatic heterocycles. The maximum absolute atomic E-state index is 12.6. The first kappa shape index (κ1) is 23.3. The number of benzene rings is 1. The third-order valence-corrected chi connectivity index (χ3v) is 9.69. The van der Waals surface area contributed by atoms with E-state index in [1.165, 1.54) is 25.3 Å². The van der Waals surface area contributed by atoms with E-state index in [0.717, 1.165) is 25.7 Å². The van der Waals surface area contributed by atoms with Gasteiger partial charge in [0.05, 0.1) is 26.1 Å². The topological polar surface area (TPSA) is 86.7 Å². The van der Waals surface area contributed by atoms with Crippen molar-refractivity contribution in [2.75, 3.05) is 14.2 Å². The Morgan fingerprint density at radius 3 is 1.47 bits per heavy atom. The highest BCUT2D eigenvalue weighted by Gasteiger charge is 2.59. The van der Waals surface area contributed by atoms with Crippen LogP contribution >= 0.6 is 0 Å². The smallest absolute Gasteiger partial charge is 0.309 e. The summed E-state index contributed by atoms with van der Waals surface area (Å²) in [7, 11) is 2.76. The van der Waals surface area contributed by atoms with Gasteiger partial charge in [-0.15, -0.1) is 0 Å². The molecule has 6 nitrogen and oxygen atoms in total. The molecule has 0 saturated heterocycles. The van der Waals surface area contributed by atoms with Gasteiger partial charge in [0.15, 0.2) is 0 Å². The van der Waals surface area contributed by atoms with E-state index < -0.39 is 11.8 Å². The van der Waals surface area contributed by atoms with Gasteiger partial charge in [-0.05, 0) is 86.2 Å². The highest BCUT2D eigenvalue weighted by atomic mass is 16.5. The largest absolute Gasteiger partial charge is 0.469 e. The SMILES string of the molecule is COC(=O)C1C2CC(c3ccc(C4CC5CC4C(C(C)=O)C5C(C)=O)cc3)C(C2)C1C(=O)OC. The third-order valence-electron chi connectivity index (χ3n) is 9.69. The molecule has 4 bridgehead atoms. The Labute approximate surface area is 200 Å². The van der Waals surface area contributed by atoms with Crippen LogP contribution in [-0.2, 0) is 28.7 Å². The minimum atomic E-state index is -0.453. The first-order chi connectivity index (χ1) is 16.3. The molecule has 0 aliphatic heterocycles. The van der Waals surface area contributed by atoms with E-state index in [0.29, 0.717) is 11.8 Å². The van der Waals surface area contributed by atoms with E-state index in [1.54, 1.807) is 13.8 Å². The molecule has 6 heteroatoms. The Morgan fingerprint density at radius 1 is 0.618 bits per heavy atom. The lowest BCUT2D eigenvalue weighted by Crippen LogP contribution is -2.38. The lowest BCUT2D eigenvalue weighted by Gasteiger charge is -2.34. The molecular weight excluding hydrogens is 432 g/mol. The van der Waals surface area contributed by atoms with Crippen molar-refractivity contribution in [1.82, 2.24) is 0 Å². The van der Waals surface area contributed by atoms with Crippen molar-refractivity contribution in [3.05, 3.63) is 35.4 Å². The van der Waals surface area contributed by atoms with Crippen molar-refractivity contribution in [2.24, 2.45) is 47.3 Å². The molecule has 4 saturated carbocycles. The maximum Gasteiger partial charge on any atom is 0.309 e. The number of hydrogen-bond donors (Lipinski definition) is 0. The lowest BCUT2D eigenvalue weighted by molar-refractivity contribution is -0.160. The van der Waals surface area contributed by atoms with Crippen molar-refractivity contribution in [3.8, 4) is 0 Å². The summed E-state index contributed by atoms with van der Waals surface area (Å²) in [6, 6.07) is 8.69. The zero-order valence-corrected chi connectivity index (χ0v) is 20.4. The van der Waals surface area contributed by atoms with Gasteiger partial charge in [-0.25, -0.2) is 0 Å². The third kappa shape index (κ3) is 3.44. The molecule has 4 aliphatic rings. The number of Topliss-reactive ketones (excluding diaryl/α,β-unsaturated/α-hetero) is 2. The predicted octanol–water partition coefficient (Wildman–Crippen LogP) is 3.92. The van der Waals surface area contributed by atoms with Crippen molar-refractivity contribution in [1.29, 1.82) is 0 Å². The summed E-state index contributed by atoms with van der Waals surface area (Å²) in [5.41, 5.74) is 2.44. The Kier molecular flexibility index (Phi) is 5.89. The standard InChI is InChI=1S/C28H34O6/c1-13(29)23-17-9-19(21(11-17)24(23)14(2)30)15-5-7-16(8-6-15)20-10-18-12-22(20)26(28(32)34-4)25(18)27(31)33-3/h5-8,17-26H,9-12H2,1-4H3. The van der Waals surface area contributed by atoms with Crippen LogP contribution in [0.2, 0.25) is 0 Å². The fourth-order valence-electron chi connectivity index (χ4n) is 8.55. The highest BCUT2D eigenvalue weighted by Crippen LogP contribution is 2.61. The molecule has 0 radical (unpaired) electrons. The number of rotatable bonds is 6. The number of carbonyl (C=O) groups is 4. The Morgan fingerprint density at radius 2 is 1.03 bits per heavy atom. The lowest BCUT2D eigenvalue weighted by atomic mass is 9.68. The second-order valence-corrected chi connectivity index (χ2v) is 11.0. The van der Waals surface area contributed by atoms with Crippen LogP contribution in [0.5, 0.6) is 0 Å². The van der Waals surface area contributed by atoms with Crippen molar-refractivity contribution >= 4 is 23.5 Å². The van der Waals surface area contributed by atoms with Crippen LogP contribution in [0.3, 0.4) is 0 Å². The number of methoxy groups -OCH3 is 2. The molecule has 5 rings (SSSR count). The van der Waals surface area contributed by atoms with Crippen LogP contribution in [0.4, 0.5) is 0 Å². The molecule has 34 heavy (non-hydrogen) atoms. The van der Waals surface area contributed by atoms with Crippen LogP contribution in [0.1, 0.15) is 62.5 Å². The number of esters is 2. The summed E-state index contributed by atoms with van der Waals surface area (Å²) in [4.78, 5) is 49.6. The van der Waals surface area contributed by atoms with Gasteiger partial charge in [0.2, 0.25) is 0 Å². The molecule has 10 unspecified atom stereocenters. The van der Waals surface area contributed by atoms with Gasteiger partial charge in [-0.2, -0.15) is 0 Å². The molecule has 4 fully saturated rings. The Hall–Kier alpha value is -2.50. The second kappa shape index (κ2) is 8.62. The number of hydrogen-bond acceptors (Lipinski definition) is 6. The van der Waals surface area contributed by atoms with Crippen LogP contribution in [0, 0.1) is 47.3 Å². The first-order valence-electron chi connectivity index (χ1n) is 12.5. The number of ether oxygens (including phenoxy) is 2. The number of fused-ring (bicyclic) bond motifs is 4. The van der Waals surface area contributed by atoms with Crippen LogP contribution < -0.4 is 0 Å². The fraction of sp³-hybridized carbons (Fsp3) is 0.643. The zero-order chi connectivity index (χ0) is 24.3. The van der Waals surface area contributed by atoms with Gasteiger partial charge < -0.3 is 9.47 Å². The minimum absolute atomic E-state index is 0.0771. The van der Waals surface area contributed by atoms with Crippen molar-refractivity contribution in [2.45, 2.75) is 51.4 Å². The van der Waals surface area contributed by atoms with E-state index in [4.69, 9.17) is 9.47 Å². The van der Waals surface area contributed by atoms with Crippen LogP contribution in [-0.4, -0.2) is 37.7 Å². The summed E-state index contributed by atoms with van der Waals surface area (Å²) < 4.78 is 10.1. The van der Waals surface area contributed by atoms with Gasteiger partial charge in [0.25, 0.3) is 0 Å². The van der Waals surface area contributed by atoms with Gasteiger partial charge in [0.1, 0.15) is 11.6 Å². The van der Waals surface area contributed by atoms with Gasteiger partial charge in [-0.1, -0.05) is 24.3 Å². The van der Waals surface area contributed by atoms with Gasteiger partial charge in [0, 0.05) is 11.8 Å². The van der Waals surface area contributed by atoms with E-state index in [-0.39, 0.29) is 59.0 Å². The van der Waals surface area contributed by atoms with E-state index in [2.05, 4.69) is 24.3 Å². The van der Waals surface area contributed by atoms with Crippen LogP contribution in [0.25, 0.3) is 0 Å². The van der Waals surface area contributed by atoms with Gasteiger partial charge in [-0.3, -0.25) is 19.2 Å². The Balaban J connectivity index is 1.35. The van der Waals surface area contributed by atoms with Crippen molar-refractivity contribution in [3.63, 3.8) is 0 Å². The molecule has 0 amide bonds. The average molecular weight is 467 g/mol. The normalized spacial score (nSPS) is 39.8. The molecule has 4 aliphatic carbocycles. The zero-order valence-electron chi connectivity index (χ0n) is 20.4. The van der Waals surface area contributed by atoms with E-state index >= 15 is 0 Å². The van der Waals surface area contributed by atoms with Crippen LogP contribution in [0.15, 0.2) is 24.3 Å². The van der Waals surface area contributed by atoms with E-state index in [9.17, 15) is 19.2 Å². The predicted molar refractivity (Wildman–Crippen MR) is 124 cm³/mol. The van der Waals surface area contributed by atoms with Gasteiger partial charge >= 0.3 is 11.9 Å². The minimum Gasteiger partial charge on any atom is -0.469 e. The molecule has 1 aromatic rings. The monoisotopic (exact) mass is 466 g/mol. The summed E-state index contributed by atoms with van der Waals surface area (Å²) >= 11 is 0. The molecule has 1 aromatic carbocycles. The second-order valence-electron chi connectivity index (χ2n) is 11.0. The quantitative estimate of drug-likeness (QED) is 0.591. The number of carbonyl (C=O) groups excluding carboxylic acids is 4. The summed E-state index contributed by atoms with van der Waals surface area (Å²) in [6.07, 6.45) is 3.64. The first-order valence-corrected chi connectivity index (χ1v) is 12.5. The maximum atomic E-state index is 12.6. The molecular formula is C28H34O6.